The van der Waals surface area contributed by atoms with Crippen LogP contribution in [0.2, 0.25) is 0 Å². The fourth-order valence-corrected chi connectivity index (χ4v) is 1.36. The molecule has 4 nitrogen and oxygen atoms in total. The molecule has 0 radical (unpaired) electrons. The SMILES string of the molecule is O=[N+]([O-])c1c[nH]cc1-c1ccccc1. The van der Waals surface area contributed by atoms with Crippen molar-refractivity contribution in [2.24, 2.45) is 0 Å². The molecule has 1 N–H and O–H groups in total. The van der Waals surface area contributed by atoms with Gasteiger partial charge in [-0.15, -0.1) is 0 Å². The highest BCUT2D eigenvalue weighted by atomic mass is 16.6. The molecule has 0 saturated carbocycles. The Morgan fingerprint density at radius 1 is 1.14 bits per heavy atom. The summed E-state index contributed by atoms with van der Waals surface area (Å²) in [6, 6.07) is 9.27. The van der Waals surface area contributed by atoms with Crippen LogP contribution in [0.25, 0.3) is 11.1 Å². The molecule has 0 unspecified atom stereocenters. The fraction of sp³-hybridized carbons (Fsp3) is 0. The maximum Gasteiger partial charge on any atom is 0.294 e. The van der Waals surface area contributed by atoms with Gasteiger partial charge in [0.2, 0.25) is 0 Å². The first kappa shape index (κ1) is 8.50. The van der Waals surface area contributed by atoms with Gasteiger partial charge >= 0.3 is 0 Å². The molecule has 0 amide bonds. The van der Waals surface area contributed by atoms with Crippen LogP contribution in [0.1, 0.15) is 0 Å². The van der Waals surface area contributed by atoms with Crippen molar-refractivity contribution in [1.29, 1.82) is 0 Å². The van der Waals surface area contributed by atoms with Crippen LogP contribution in [-0.4, -0.2) is 9.91 Å². The summed E-state index contributed by atoms with van der Waals surface area (Å²) in [5, 5.41) is 10.6. The van der Waals surface area contributed by atoms with Gasteiger partial charge in [-0.1, -0.05) is 30.3 Å². The first-order valence-corrected chi connectivity index (χ1v) is 4.15. The van der Waals surface area contributed by atoms with Gasteiger partial charge in [0.05, 0.1) is 16.7 Å². The third kappa shape index (κ3) is 1.37. The van der Waals surface area contributed by atoms with Gasteiger partial charge in [0.15, 0.2) is 0 Å². The number of aromatic nitrogens is 1. The molecular formula is C10H8N2O2. The second-order valence-electron chi connectivity index (χ2n) is 2.88. The van der Waals surface area contributed by atoms with Gasteiger partial charge in [0.25, 0.3) is 5.69 Å². The van der Waals surface area contributed by atoms with Crippen molar-refractivity contribution in [3.63, 3.8) is 0 Å². The van der Waals surface area contributed by atoms with Crippen molar-refractivity contribution in [1.82, 2.24) is 4.98 Å². The van der Waals surface area contributed by atoms with Gasteiger partial charge in [-0.05, 0) is 5.56 Å². The van der Waals surface area contributed by atoms with Crippen molar-refractivity contribution >= 4 is 5.69 Å². The molecule has 4 heteroatoms. The van der Waals surface area contributed by atoms with E-state index >= 15 is 0 Å². The molecular weight excluding hydrogens is 180 g/mol. The van der Waals surface area contributed by atoms with Crippen molar-refractivity contribution in [2.75, 3.05) is 0 Å². The number of benzene rings is 1. The predicted octanol–water partition coefficient (Wildman–Crippen LogP) is 2.59. The average molecular weight is 188 g/mol. The summed E-state index contributed by atoms with van der Waals surface area (Å²) in [6.07, 6.45) is 3.02. The van der Waals surface area contributed by atoms with E-state index in [1.165, 1.54) is 6.20 Å². The lowest BCUT2D eigenvalue weighted by molar-refractivity contribution is -0.384. The number of nitro groups is 1. The van der Waals surface area contributed by atoms with Crippen LogP contribution in [0.15, 0.2) is 42.7 Å². The maximum absolute atomic E-state index is 10.6. The molecule has 0 fully saturated rings. The molecule has 2 rings (SSSR count). The zero-order chi connectivity index (χ0) is 9.97. The first-order chi connectivity index (χ1) is 6.79. The molecule has 70 valence electrons. The summed E-state index contributed by atoms with van der Waals surface area (Å²) in [5.74, 6) is 0. The second kappa shape index (κ2) is 3.33. The molecule has 1 aromatic heterocycles. The Morgan fingerprint density at radius 3 is 2.50 bits per heavy atom. The van der Waals surface area contributed by atoms with E-state index in [0.29, 0.717) is 5.56 Å². The minimum absolute atomic E-state index is 0.108. The van der Waals surface area contributed by atoms with Gasteiger partial charge in [-0.25, -0.2) is 0 Å². The van der Waals surface area contributed by atoms with Crippen molar-refractivity contribution in [3.05, 3.63) is 52.8 Å². The number of H-pyrrole nitrogens is 1. The highest BCUT2D eigenvalue weighted by molar-refractivity contribution is 5.72. The quantitative estimate of drug-likeness (QED) is 0.581. The molecule has 0 aliphatic heterocycles. The van der Waals surface area contributed by atoms with Crippen LogP contribution >= 0.6 is 0 Å². The smallest absolute Gasteiger partial charge is 0.294 e. The fourth-order valence-electron chi connectivity index (χ4n) is 1.36. The van der Waals surface area contributed by atoms with Crippen molar-refractivity contribution in [2.45, 2.75) is 0 Å². The van der Waals surface area contributed by atoms with E-state index in [0.717, 1.165) is 5.56 Å². The van der Waals surface area contributed by atoms with Crippen molar-refractivity contribution < 1.29 is 4.92 Å². The van der Waals surface area contributed by atoms with E-state index in [-0.39, 0.29) is 5.69 Å². The van der Waals surface area contributed by atoms with Crippen LogP contribution in [0.5, 0.6) is 0 Å². The minimum Gasteiger partial charge on any atom is -0.361 e. The Hall–Kier alpha value is -2.10. The minimum atomic E-state index is -0.390. The second-order valence-corrected chi connectivity index (χ2v) is 2.88. The van der Waals surface area contributed by atoms with Gasteiger partial charge in [-0.3, -0.25) is 10.1 Å². The molecule has 0 bridgehead atoms. The Bertz CT molecular complexity index is 448. The zero-order valence-corrected chi connectivity index (χ0v) is 7.31. The molecule has 14 heavy (non-hydrogen) atoms. The van der Waals surface area contributed by atoms with Crippen LogP contribution < -0.4 is 0 Å². The predicted molar refractivity (Wildman–Crippen MR) is 52.9 cm³/mol. The molecule has 1 heterocycles. The van der Waals surface area contributed by atoms with Crippen LogP contribution in [0.3, 0.4) is 0 Å². The van der Waals surface area contributed by atoms with Crippen LogP contribution in [0, 0.1) is 10.1 Å². The summed E-state index contributed by atoms with van der Waals surface area (Å²) in [6.45, 7) is 0. The molecule has 0 spiro atoms. The van der Waals surface area contributed by atoms with Crippen LogP contribution in [0.4, 0.5) is 5.69 Å². The van der Waals surface area contributed by atoms with E-state index in [1.807, 2.05) is 30.3 Å². The summed E-state index contributed by atoms with van der Waals surface area (Å²) >= 11 is 0. The van der Waals surface area contributed by atoms with Gasteiger partial charge < -0.3 is 4.98 Å². The third-order valence-corrected chi connectivity index (χ3v) is 2.01. The van der Waals surface area contributed by atoms with E-state index in [9.17, 15) is 10.1 Å². The number of aromatic amines is 1. The molecule has 0 aliphatic carbocycles. The number of rotatable bonds is 2. The highest BCUT2D eigenvalue weighted by Crippen LogP contribution is 2.28. The highest BCUT2D eigenvalue weighted by Gasteiger charge is 2.15. The number of nitrogens with one attached hydrogen (secondary N) is 1. The lowest BCUT2D eigenvalue weighted by Gasteiger charge is -1.96. The number of hydrogen-bond donors (Lipinski definition) is 1. The Kier molecular flexibility index (Phi) is 2.02. The first-order valence-electron chi connectivity index (χ1n) is 4.15. The summed E-state index contributed by atoms with van der Waals surface area (Å²) in [7, 11) is 0. The van der Waals surface area contributed by atoms with Gasteiger partial charge in [0, 0.05) is 6.20 Å². The topological polar surface area (TPSA) is 58.9 Å². The van der Waals surface area contributed by atoms with E-state index in [2.05, 4.69) is 4.98 Å². The summed E-state index contributed by atoms with van der Waals surface area (Å²) < 4.78 is 0. The normalized spacial score (nSPS) is 10.0. The van der Waals surface area contributed by atoms with E-state index in [4.69, 9.17) is 0 Å². The van der Waals surface area contributed by atoms with Crippen LogP contribution in [-0.2, 0) is 0 Å². The molecule has 1 aromatic carbocycles. The maximum atomic E-state index is 10.6. The summed E-state index contributed by atoms with van der Waals surface area (Å²) in [5.41, 5.74) is 1.58. The third-order valence-electron chi connectivity index (χ3n) is 2.01. The molecule has 0 saturated heterocycles. The molecule has 0 atom stereocenters. The zero-order valence-electron chi connectivity index (χ0n) is 7.31. The number of nitrogens with zero attached hydrogens (tertiary/aromatic N) is 1. The lowest BCUT2D eigenvalue weighted by atomic mass is 10.1. The average Bonchev–Trinajstić information content (AvgIpc) is 2.67. The monoisotopic (exact) mass is 188 g/mol. The largest absolute Gasteiger partial charge is 0.361 e. The number of hydrogen-bond acceptors (Lipinski definition) is 2. The Labute approximate surface area is 80.4 Å². The Morgan fingerprint density at radius 2 is 1.86 bits per heavy atom. The van der Waals surface area contributed by atoms with Crippen molar-refractivity contribution in [3.8, 4) is 11.1 Å². The van der Waals surface area contributed by atoms with E-state index in [1.54, 1.807) is 6.20 Å². The Balaban J connectivity index is 2.52. The summed E-state index contributed by atoms with van der Waals surface area (Å²) in [4.78, 5) is 13.0. The standard InChI is InChI=1S/C10H8N2O2/c13-12(14)10-7-11-6-9(10)8-4-2-1-3-5-8/h1-7,11H. The molecule has 2 aromatic rings. The van der Waals surface area contributed by atoms with Gasteiger partial charge in [0.1, 0.15) is 0 Å². The molecule has 0 aliphatic rings. The lowest BCUT2D eigenvalue weighted by Crippen LogP contribution is -1.87. The van der Waals surface area contributed by atoms with Gasteiger partial charge in [-0.2, -0.15) is 0 Å². The van der Waals surface area contributed by atoms with E-state index < -0.39 is 4.92 Å².